The molecule has 1 heterocycles. The van der Waals surface area contributed by atoms with Crippen molar-refractivity contribution >= 4 is 38.3 Å². The zero-order valence-corrected chi connectivity index (χ0v) is 13.1. The fourth-order valence-electron chi connectivity index (χ4n) is 2.23. The highest BCUT2D eigenvalue weighted by molar-refractivity contribution is 9.10. The van der Waals surface area contributed by atoms with E-state index in [4.69, 9.17) is 16.3 Å². The highest BCUT2D eigenvalue weighted by atomic mass is 79.9. The van der Waals surface area contributed by atoms with Gasteiger partial charge in [-0.3, -0.25) is 0 Å². The average Bonchev–Trinajstić information content (AvgIpc) is 2.50. The molecule has 0 saturated heterocycles. The lowest BCUT2D eigenvalue weighted by Gasteiger charge is -2.10. The van der Waals surface area contributed by atoms with Crippen LogP contribution in [0.4, 0.5) is 0 Å². The molecule has 20 heavy (non-hydrogen) atoms. The number of halogens is 2. The van der Waals surface area contributed by atoms with Crippen molar-refractivity contribution in [2.24, 2.45) is 0 Å². The molecule has 2 aromatic carbocycles. The van der Waals surface area contributed by atoms with E-state index in [9.17, 15) is 0 Å². The molecule has 0 atom stereocenters. The number of rotatable bonds is 2. The van der Waals surface area contributed by atoms with Crippen LogP contribution in [0.3, 0.4) is 0 Å². The summed E-state index contributed by atoms with van der Waals surface area (Å²) < 4.78 is 6.34. The van der Waals surface area contributed by atoms with Gasteiger partial charge in [-0.15, -0.1) is 0 Å². The molecule has 0 aliphatic rings. The van der Waals surface area contributed by atoms with Crippen molar-refractivity contribution < 1.29 is 4.74 Å². The molecule has 0 fully saturated rings. The maximum Gasteiger partial charge on any atom is 0.136 e. The summed E-state index contributed by atoms with van der Waals surface area (Å²) in [5.41, 5.74) is 2.09. The monoisotopic (exact) mass is 347 g/mol. The van der Waals surface area contributed by atoms with Gasteiger partial charge in [0, 0.05) is 27.0 Å². The molecule has 0 N–H and O–H groups in total. The third kappa shape index (κ3) is 2.28. The second-order valence-electron chi connectivity index (χ2n) is 4.36. The molecule has 100 valence electrons. The van der Waals surface area contributed by atoms with Crippen LogP contribution in [0.5, 0.6) is 5.75 Å². The highest BCUT2D eigenvalue weighted by Crippen LogP contribution is 2.35. The van der Waals surface area contributed by atoms with Crippen LogP contribution < -0.4 is 4.74 Å². The van der Waals surface area contributed by atoms with E-state index in [1.807, 2.05) is 36.4 Å². The van der Waals surface area contributed by atoms with Gasteiger partial charge in [0.15, 0.2) is 0 Å². The fraction of sp³-hybridized carbons (Fsp3) is 0.0625. The SMILES string of the molecule is COc1ccccc1-c1ccc2c(Br)cnc(Cl)c2c1. The van der Waals surface area contributed by atoms with Crippen LogP contribution in [-0.4, -0.2) is 12.1 Å². The van der Waals surface area contributed by atoms with Crippen molar-refractivity contribution in [2.45, 2.75) is 0 Å². The van der Waals surface area contributed by atoms with Crippen LogP contribution in [0, 0.1) is 0 Å². The summed E-state index contributed by atoms with van der Waals surface area (Å²) in [7, 11) is 1.67. The minimum Gasteiger partial charge on any atom is -0.496 e. The van der Waals surface area contributed by atoms with Crippen molar-refractivity contribution in [1.82, 2.24) is 4.98 Å². The number of ether oxygens (including phenoxy) is 1. The Balaban J connectivity index is 2.26. The first-order valence-electron chi connectivity index (χ1n) is 6.08. The van der Waals surface area contributed by atoms with Crippen molar-refractivity contribution in [3.05, 3.63) is 58.3 Å². The molecule has 0 spiro atoms. The first kappa shape index (κ1) is 13.4. The summed E-state index contributed by atoms with van der Waals surface area (Å²) >= 11 is 9.69. The number of methoxy groups -OCH3 is 1. The molecule has 2 nitrogen and oxygen atoms in total. The number of benzene rings is 2. The van der Waals surface area contributed by atoms with E-state index in [-0.39, 0.29) is 0 Å². The van der Waals surface area contributed by atoms with E-state index in [0.717, 1.165) is 32.1 Å². The van der Waals surface area contributed by atoms with Crippen molar-refractivity contribution in [2.75, 3.05) is 7.11 Å². The molecule has 1 aromatic heterocycles. The molecular formula is C16H11BrClNO. The maximum absolute atomic E-state index is 6.20. The van der Waals surface area contributed by atoms with E-state index in [1.165, 1.54) is 0 Å². The lowest BCUT2D eigenvalue weighted by molar-refractivity contribution is 0.416. The number of aromatic nitrogens is 1. The molecule has 0 saturated carbocycles. The molecule has 0 bridgehead atoms. The summed E-state index contributed by atoms with van der Waals surface area (Å²) in [6.07, 6.45) is 1.72. The quantitative estimate of drug-likeness (QED) is 0.584. The average molecular weight is 349 g/mol. The maximum atomic E-state index is 6.20. The van der Waals surface area contributed by atoms with Crippen LogP contribution in [0.25, 0.3) is 21.9 Å². The topological polar surface area (TPSA) is 22.1 Å². The Morgan fingerprint density at radius 3 is 2.70 bits per heavy atom. The first-order valence-corrected chi connectivity index (χ1v) is 7.25. The number of nitrogens with zero attached hydrogens (tertiary/aromatic N) is 1. The zero-order valence-electron chi connectivity index (χ0n) is 10.7. The number of para-hydroxylation sites is 1. The standard InChI is InChI=1S/C16H11BrClNO/c1-20-15-5-3-2-4-11(15)10-6-7-12-13(8-10)16(18)19-9-14(12)17/h2-9H,1H3. The van der Waals surface area contributed by atoms with Crippen LogP contribution in [0.15, 0.2) is 53.1 Å². The van der Waals surface area contributed by atoms with Crippen molar-refractivity contribution in [3.8, 4) is 16.9 Å². The molecule has 0 amide bonds. The van der Waals surface area contributed by atoms with Crippen LogP contribution in [-0.2, 0) is 0 Å². The Morgan fingerprint density at radius 1 is 1.10 bits per heavy atom. The summed E-state index contributed by atoms with van der Waals surface area (Å²) in [6, 6.07) is 14.0. The number of hydrogen-bond donors (Lipinski definition) is 0. The molecule has 3 aromatic rings. The fourth-order valence-corrected chi connectivity index (χ4v) is 2.88. The van der Waals surface area contributed by atoms with Gasteiger partial charge >= 0.3 is 0 Å². The predicted octanol–water partition coefficient (Wildman–Crippen LogP) is 5.33. The van der Waals surface area contributed by atoms with E-state index in [1.54, 1.807) is 13.3 Å². The summed E-state index contributed by atoms with van der Waals surface area (Å²) in [6.45, 7) is 0. The second-order valence-corrected chi connectivity index (χ2v) is 5.57. The second kappa shape index (κ2) is 5.43. The van der Waals surface area contributed by atoms with E-state index in [0.29, 0.717) is 5.15 Å². The van der Waals surface area contributed by atoms with Gasteiger partial charge in [-0.1, -0.05) is 41.9 Å². The normalized spacial score (nSPS) is 10.8. The van der Waals surface area contributed by atoms with Gasteiger partial charge in [0.05, 0.1) is 7.11 Å². The molecule has 0 unspecified atom stereocenters. The molecule has 0 radical (unpaired) electrons. The lowest BCUT2D eigenvalue weighted by atomic mass is 10.0. The minimum atomic E-state index is 0.500. The number of hydrogen-bond acceptors (Lipinski definition) is 2. The predicted molar refractivity (Wildman–Crippen MR) is 86.4 cm³/mol. The third-order valence-corrected chi connectivity index (χ3v) is 4.14. The van der Waals surface area contributed by atoms with Gasteiger partial charge in [-0.2, -0.15) is 0 Å². The van der Waals surface area contributed by atoms with E-state index >= 15 is 0 Å². The van der Waals surface area contributed by atoms with E-state index in [2.05, 4.69) is 27.0 Å². The molecule has 0 aliphatic heterocycles. The smallest absolute Gasteiger partial charge is 0.136 e. The molecular weight excluding hydrogens is 338 g/mol. The van der Waals surface area contributed by atoms with Gasteiger partial charge in [-0.05, 0) is 33.6 Å². The van der Waals surface area contributed by atoms with E-state index < -0.39 is 0 Å². The molecule has 3 rings (SSSR count). The highest BCUT2D eigenvalue weighted by Gasteiger charge is 2.09. The summed E-state index contributed by atoms with van der Waals surface area (Å²) in [5, 5.41) is 2.47. The zero-order chi connectivity index (χ0) is 14.1. The summed E-state index contributed by atoms with van der Waals surface area (Å²) in [4.78, 5) is 4.17. The van der Waals surface area contributed by atoms with Gasteiger partial charge in [0.1, 0.15) is 10.9 Å². The number of pyridine rings is 1. The van der Waals surface area contributed by atoms with Crippen LogP contribution >= 0.6 is 27.5 Å². The lowest BCUT2D eigenvalue weighted by Crippen LogP contribution is -1.88. The van der Waals surface area contributed by atoms with Gasteiger partial charge < -0.3 is 4.74 Å². The third-order valence-electron chi connectivity index (χ3n) is 3.21. The van der Waals surface area contributed by atoms with Gasteiger partial charge in [0.25, 0.3) is 0 Å². The molecule has 0 aliphatic carbocycles. The van der Waals surface area contributed by atoms with Crippen molar-refractivity contribution in [3.63, 3.8) is 0 Å². The number of fused-ring (bicyclic) bond motifs is 1. The Labute approximate surface area is 130 Å². The van der Waals surface area contributed by atoms with Gasteiger partial charge in [-0.25, -0.2) is 4.98 Å². The first-order chi connectivity index (χ1) is 9.70. The summed E-state index contributed by atoms with van der Waals surface area (Å²) in [5.74, 6) is 0.839. The van der Waals surface area contributed by atoms with Crippen molar-refractivity contribution in [1.29, 1.82) is 0 Å². The largest absolute Gasteiger partial charge is 0.496 e. The van der Waals surface area contributed by atoms with Crippen LogP contribution in [0.1, 0.15) is 0 Å². The Bertz CT molecular complexity index is 789. The van der Waals surface area contributed by atoms with Crippen LogP contribution in [0.2, 0.25) is 5.15 Å². The Kier molecular flexibility index (Phi) is 3.64. The molecule has 4 heteroatoms. The minimum absolute atomic E-state index is 0.500. The van der Waals surface area contributed by atoms with Gasteiger partial charge in [0.2, 0.25) is 0 Å². The Morgan fingerprint density at radius 2 is 1.90 bits per heavy atom. The Hall–Kier alpha value is -1.58.